The molecule has 4 aliphatic rings. The number of hydrogen-bond donors (Lipinski definition) is 1. The van der Waals surface area contributed by atoms with Crippen LogP contribution in [0.5, 0.6) is 0 Å². The van der Waals surface area contributed by atoms with Gasteiger partial charge in [-0.2, -0.15) is 5.06 Å². The summed E-state index contributed by atoms with van der Waals surface area (Å²) in [5.74, 6) is 5.04. The summed E-state index contributed by atoms with van der Waals surface area (Å²) in [6.07, 6.45) is 16.5. The molecule has 4 nitrogen and oxygen atoms in total. The van der Waals surface area contributed by atoms with Gasteiger partial charge in [-0.25, -0.2) is 4.79 Å². The van der Waals surface area contributed by atoms with Gasteiger partial charge in [0.05, 0.1) is 6.10 Å². The fourth-order valence-corrected chi connectivity index (χ4v) is 9.07. The van der Waals surface area contributed by atoms with Gasteiger partial charge in [-0.3, -0.25) is 4.84 Å². The zero-order valence-corrected chi connectivity index (χ0v) is 22.4. The summed E-state index contributed by atoms with van der Waals surface area (Å²) >= 11 is 0. The Morgan fingerprint density at radius 1 is 1.18 bits per heavy atom. The topological polar surface area (TPSA) is 49.8 Å². The van der Waals surface area contributed by atoms with Crippen molar-refractivity contribution in [2.24, 2.45) is 46.3 Å². The van der Waals surface area contributed by atoms with Crippen molar-refractivity contribution < 1.29 is 14.7 Å². The van der Waals surface area contributed by atoms with Crippen LogP contribution >= 0.6 is 0 Å². The lowest BCUT2D eigenvalue weighted by atomic mass is 9.47. The summed E-state index contributed by atoms with van der Waals surface area (Å²) in [7, 11) is 0. The quantitative estimate of drug-likeness (QED) is 0.285. The third kappa shape index (κ3) is 4.61. The fourth-order valence-electron chi connectivity index (χ4n) is 9.07. The SMILES string of the molecule is C=CN(O[C@H]1CC[C@@]2(C)C(=CC[C@H]3[C@@H]4CC[C@H]([C@H](C)CCCC(C)C)[C@@]4(C)CC[C@@H]32)C1)C(=O)O. The highest BCUT2D eigenvalue weighted by Gasteiger charge is 2.59. The molecule has 0 spiro atoms. The largest absolute Gasteiger partial charge is 0.463 e. The Morgan fingerprint density at radius 2 is 1.94 bits per heavy atom. The van der Waals surface area contributed by atoms with Crippen molar-refractivity contribution in [3.63, 3.8) is 0 Å². The van der Waals surface area contributed by atoms with Crippen molar-refractivity contribution in [1.82, 2.24) is 5.06 Å². The van der Waals surface area contributed by atoms with E-state index in [0.717, 1.165) is 59.8 Å². The zero-order valence-electron chi connectivity index (χ0n) is 22.4. The molecule has 0 radical (unpaired) electrons. The molecule has 1 N–H and O–H groups in total. The lowest BCUT2D eigenvalue weighted by molar-refractivity contribution is -0.154. The number of amides is 1. The smallest absolute Gasteiger partial charge is 0.435 e. The molecule has 0 aromatic rings. The Bertz CT molecular complexity index is 790. The minimum absolute atomic E-state index is 0.0682. The number of carboxylic acid groups (broad SMARTS) is 1. The van der Waals surface area contributed by atoms with Crippen LogP contribution in [0.15, 0.2) is 24.4 Å². The molecule has 3 saturated carbocycles. The Labute approximate surface area is 208 Å². The maximum Gasteiger partial charge on any atom is 0.435 e. The second-order valence-corrected chi connectivity index (χ2v) is 13.1. The number of rotatable bonds is 8. The predicted octanol–water partition coefficient (Wildman–Crippen LogP) is 8.45. The first-order valence-corrected chi connectivity index (χ1v) is 14.1. The third-order valence-corrected chi connectivity index (χ3v) is 10.9. The van der Waals surface area contributed by atoms with Gasteiger partial charge in [-0.1, -0.05) is 72.1 Å². The van der Waals surface area contributed by atoms with Gasteiger partial charge in [0.25, 0.3) is 0 Å². The van der Waals surface area contributed by atoms with Gasteiger partial charge in [-0.05, 0) is 97.7 Å². The summed E-state index contributed by atoms with van der Waals surface area (Å²) in [4.78, 5) is 17.1. The van der Waals surface area contributed by atoms with Crippen LogP contribution in [-0.2, 0) is 4.84 Å². The molecule has 4 aliphatic carbocycles. The molecular weight excluding hydrogens is 422 g/mol. The van der Waals surface area contributed by atoms with Crippen LogP contribution in [0.4, 0.5) is 4.79 Å². The maximum absolute atomic E-state index is 11.4. The van der Waals surface area contributed by atoms with Gasteiger partial charge in [-0.15, -0.1) is 0 Å². The zero-order chi connectivity index (χ0) is 24.7. The average Bonchev–Trinajstić information content (AvgIpc) is 3.14. The van der Waals surface area contributed by atoms with E-state index >= 15 is 0 Å². The van der Waals surface area contributed by atoms with Crippen LogP contribution in [0.25, 0.3) is 0 Å². The first-order chi connectivity index (χ1) is 16.1. The molecule has 1 amide bonds. The molecule has 192 valence electrons. The second kappa shape index (κ2) is 9.99. The van der Waals surface area contributed by atoms with Crippen molar-refractivity contribution in [3.8, 4) is 0 Å². The van der Waals surface area contributed by atoms with E-state index in [9.17, 15) is 9.90 Å². The van der Waals surface area contributed by atoms with Crippen LogP contribution in [0, 0.1) is 46.3 Å². The van der Waals surface area contributed by atoms with E-state index in [1.807, 2.05) is 0 Å². The molecular formula is C30H49NO3. The van der Waals surface area contributed by atoms with E-state index in [1.54, 1.807) is 0 Å². The van der Waals surface area contributed by atoms with Crippen molar-refractivity contribution in [2.75, 3.05) is 0 Å². The van der Waals surface area contributed by atoms with Crippen LogP contribution in [0.3, 0.4) is 0 Å². The number of nitrogens with zero attached hydrogens (tertiary/aromatic N) is 1. The lowest BCUT2D eigenvalue weighted by Crippen LogP contribution is -2.51. The molecule has 0 saturated heterocycles. The van der Waals surface area contributed by atoms with Crippen molar-refractivity contribution in [1.29, 1.82) is 0 Å². The number of fused-ring (bicyclic) bond motifs is 5. The molecule has 4 rings (SSSR count). The molecule has 0 aromatic carbocycles. The number of hydroxylamine groups is 2. The Hall–Kier alpha value is -1.29. The van der Waals surface area contributed by atoms with Gasteiger partial charge >= 0.3 is 6.09 Å². The highest BCUT2D eigenvalue weighted by molar-refractivity contribution is 5.64. The normalized spacial score (nSPS) is 40.1. The standard InChI is InChI=1S/C30H49NO3/c1-7-31(28(32)33)34-23-15-17-29(5)22(19-23)11-12-24-26-14-13-25(21(4)10-8-9-20(2)3)30(26,6)18-16-27(24)29/h7,11,20-21,23-27H,1,8-10,12-19H2,2-6H3,(H,32,33)/t21-,23+,24+,25-,26+,27+,29+,30-/m1/s1. The molecule has 0 heterocycles. The highest BCUT2D eigenvalue weighted by atomic mass is 16.7. The average molecular weight is 472 g/mol. The second-order valence-electron chi connectivity index (χ2n) is 13.1. The van der Waals surface area contributed by atoms with Gasteiger partial charge in [0, 0.05) is 6.20 Å². The molecule has 0 bridgehead atoms. The van der Waals surface area contributed by atoms with E-state index in [1.165, 1.54) is 63.1 Å². The summed E-state index contributed by atoms with van der Waals surface area (Å²) < 4.78 is 0. The van der Waals surface area contributed by atoms with E-state index in [0.29, 0.717) is 5.41 Å². The molecule has 0 aromatic heterocycles. The molecule has 3 fully saturated rings. The lowest BCUT2D eigenvalue weighted by Gasteiger charge is -2.58. The number of hydrogen-bond acceptors (Lipinski definition) is 2. The monoisotopic (exact) mass is 471 g/mol. The first kappa shape index (κ1) is 25.8. The molecule has 4 heteroatoms. The number of carbonyl (C=O) groups is 1. The van der Waals surface area contributed by atoms with Crippen LogP contribution in [0.2, 0.25) is 0 Å². The predicted molar refractivity (Wildman–Crippen MR) is 138 cm³/mol. The number of allylic oxidation sites excluding steroid dienone is 1. The Kier molecular flexibility index (Phi) is 7.58. The van der Waals surface area contributed by atoms with Crippen molar-refractivity contribution in [2.45, 2.75) is 111 Å². The summed E-state index contributed by atoms with van der Waals surface area (Å²) in [6, 6.07) is 0. The maximum atomic E-state index is 11.4. The van der Waals surface area contributed by atoms with Gasteiger partial charge in [0.1, 0.15) is 0 Å². The van der Waals surface area contributed by atoms with Gasteiger partial charge in [0.15, 0.2) is 0 Å². The third-order valence-electron chi connectivity index (χ3n) is 10.9. The van der Waals surface area contributed by atoms with Crippen LogP contribution in [-0.4, -0.2) is 22.4 Å². The van der Waals surface area contributed by atoms with E-state index in [4.69, 9.17) is 4.84 Å². The molecule has 0 unspecified atom stereocenters. The van der Waals surface area contributed by atoms with Crippen LogP contribution < -0.4 is 0 Å². The molecule has 34 heavy (non-hydrogen) atoms. The highest BCUT2D eigenvalue weighted by Crippen LogP contribution is 2.67. The van der Waals surface area contributed by atoms with Crippen molar-refractivity contribution >= 4 is 6.09 Å². The summed E-state index contributed by atoms with van der Waals surface area (Å²) in [6.45, 7) is 16.0. The fraction of sp³-hybridized carbons (Fsp3) is 0.833. The van der Waals surface area contributed by atoms with E-state index in [-0.39, 0.29) is 11.5 Å². The van der Waals surface area contributed by atoms with E-state index in [2.05, 4.69) is 47.3 Å². The molecule has 0 aliphatic heterocycles. The van der Waals surface area contributed by atoms with E-state index < -0.39 is 6.09 Å². The minimum atomic E-state index is -1.10. The summed E-state index contributed by atoms with van der Waals surface area (Å²) in [5, 5.41) is 10.2. The first-order valence-electron chi connectivity index (χ1n) is 14.1. The minimum Gasteiger partial charge on any atom is -0.463 e. The summed E-state index contributed by atoms with van der Waals surface area (Å²) in [5.41, 5.74) is 2.30. The van der Waals surface area contributed by atoms with Gasteiger partial charge < -0.3 is 5.11 Å². The Morgan fingerprint density at radius 3 is 2.62 bits per heavy atom. The Balaban J connectivity index is 1.45. The van der Waals surface area contributed by atoms with Crippen LogP contribution in [0.1, 0.15) is 105 Å². The van der Waals surface area contributed by atoms with Crippen molar-refractivity contribution in [3.05, 3.63) is 24.4 Å². The molecule has 8 atom stereocenters. The van der Waals surface area contributed by atoms with Gasteiger partial charge in [0.2, 0.25) is 0 Å².